The van der Waals surface area contributed by atoms with E-state index in [1.807, 2.05) is 9.80 Å². The minimum absolute atomic E-state index is 0.0207. The number of nitrogens with zero attached hydrogens (tertiary/aromatic N) is 3. The fourth-order valence-corrected chi connectivity index (χ4v) is 4.00. The van der Waals surface area contributed by atoms with Gasteiger partial charge in [-0.15, -0.1) is 0 Å². The highest BCUT2D eigenvalue weighted by Crippen LogP contribution is 2.32. The van der Waals surface area contributed by atoms with E-state index in [4.69, 9.17) is 11.6 Å². The van der Waals surface area contributed by atoms with Crippen LogP contribution in [0.3, 0.4) is 0 Å². The molecule has 1 aromatic heterocycles. The van der Waals surface area contributed by atoms with Gasteiger partial charge in [0.05, 0.1) is 6.04 Å². The molecule has 0 radical (unpaired) electrons. The molecule has 154 valence electrons. The Bertz CT molecular complexity index is 948. The standard InChI is InChI=1S/C20H23ClFN5O2/c21-14-4-3-13(17(22)10-14)11-24-20(29)27(15-5-6-15)16-2-1-9-26(12-16)18-7-8-23-19(28)25-18/h3-4,7-8,10,15-16H,1-2,5-6,9,11-12H2,(H,24,29)(H,23,25,28)/t16-/m1/s1. The maximum absolute atomic E-state index is 14.0. The van der Waals surface area contributed by atoms with Crippen molar-refractivity contribution in [3.05, 3.63) is 57.3 Å². The molecule has 4 rings (SSSR count). The number of hydrogen-bond donors (Lipinski definition) is 2. The van der Waals surface area contributed by atoms with Crippen LogP contribution in [0.15, 0.2) is 35.3 Å². The Kier molecular flexibility index (Phi) is 5.71. The molecule has 7 nitrogen and oxygen atoms in total. The zero-order chi connectivity index (χ0) is 20.4. The Hall–Kier alpha value is -2.61. The monoisotopic (exact) mass is 419 g/mol. The third-order valence-electron chi connectivity index (χ3n) is 5.39. The van der Waals surface area contributed by atoms with E-state index in [-0.39, 0.29) is 30.3 Å². The molecule has 1 aliphatic carbocycles. The van der Waals surface area contributed by atoms with Gasteiger partial charge in [-0.1, -0.05) is 17.7 Å². The summed E-state index contributed by atoms with van der Waals surface area (Å²) >= 11 is 5.79. The molecule has 1 saturated carbocycles. The summed E-state index contributed by atoms with van der Waals surface area (Å²) in [5.74, 6) is 0.192. The summed E-state index contributed by atoms with van der Waals surface area (Å²) in [6.45, 7) is 1.52. The molecule has 1 saturated heterocycles. The van der Waals surface area contributed by atoms with Gasteiger partial charge in [-0.3, -0.25) is 0 Å². The Morgan fingerprint density at radius 1 is 1.31 bits per heavy atom. The molecular weight excluding hydrogens is 397 g/mol. The molecule has 9 heteroatoms. The number of anilines is 1. The summed E-state index contributed by atoms with van der Waals surface area (Å²) in [7, 11) is 0. The van der Waals surface area contributed by atoms with Crippen molar-refractivity contribution in [3.63, 3.8) is 0 Å². The van der Waals surface area contributed by atoms with Gasteiger partial charge in [-0.25, -0.2) is 14.0 Å². The van der Waals surface area contributed by atoms with Crippen molar-refractivity contribution in [2.24, 2.45) is 0 Å². The first-order valence-corrected chi connectivity index (χ1v) is 10.2. The van der Waals surface area contributed by atoms with Gasteiger partial charge in [-0.2, -0.15) is 4.98 Å². The normalized spacial score (nSPS) is 19.1. The third-order valence-corrected chi connectivity index (χ3v) is 5.62. The number of amides is 2. The van der Waals surface area contributed by atoms with Gasteiger partial charge in [-0.05, 0) is 43.9 Å². The molecule has 2 amide bonds. The van der Waals surface area contributed by atoms with Gasteiger partial charge < -0.3 is 20.1 Å². The second-order valence-corrected chi connectivity index (χ2v) is 7.96. The van der Waals surface area contributed by atoms with Gasteiger partial charge in [0, 0.05) is 42.5 Å². The van der Waals surface area contributed by atoms with Crippen molar-refractivity contribution in [2.45, 2.75) is 44.3 Å². The number of aromatic nitrogens is 2. The smallest absolute Gasteiger partial charge is 0.346 e. The summed E-state index contributed by atoms with van der Waals surface area (Å²) in [5.41, 5.74) is 0.0166. The number of piperidine rings is 1. The lowest BCUT2D eigenvalue weighted by Gasteiger charge is -2.40. The summed E-state index contributed by atoms with van der Waals surface area (Å²) in [4.78, 5) is 35.0. The lowest BCUT2D eigenvalue weighted by Crippen LogP contribution is -2.54. The molecule has 2 fully saturated rings. The zero-order valence-corrected chi connectivity index (χ0v) is 16.7. The Morgan fingerprint density at radius 3 is 2.86 bits per heavy atom. The van der Waals surface area contributed by atoms with Crippen molar-refractivity contribution in [3.8, 4) is 0 Å². The van der Waals surface area contributed by atoms with Gasteiger partial charge >= 0.3 is 11.7 Å². The summed E-state index contributed by atoms with van der Waals surface area (Å²) < 4.78 is 14.0. The van der Waals surface area contributed by atoms with Gasteiger partial charge in [0.2, 0.25) is 0 Å². The second kappa shape index (κ2) is 8.41. The van der Waals surface area contributed by atoms with E-state index in [2.05, 4.69) is 15.3 Å². The molecule has 2 aromatic rings. The number of nitrogens with one attached hydrogen (secondary N) is 2. The van der Waals surface area contributed by atoms with E-state index < -0.39 is 5.82 Å². The van der Waals surface area contributed by atoms with Crippen LogP contribution >= 0.6 is 11.6 Å². The fraction of sp³-hybridized carbons (Fsp3) is 0.450. The highest BCUT2D eigenvalue weighted by Gasteiger charge is 2.39. The number of benzene rings is 1. The van der Waals surface area contributed by atoms with Crippen molar-refractivity contribution in [1.29, 1.82) is 0 Å². The Morgan fingerprint density at radius 2 is 2.14 bits per heavy atom. The van der Waals surface area contributed by atoms with Crippen molar-refractivity contribution < 1.29 is 9.18 Å². The van der Waals surface area contributed by atoms with Gasteiger partial charge in [0.15, 0.2) is 0 Å². The predicted octanol–water partition coefficient (Wildman–Crippen LogP) is 2.91. The number of urea groups is 1. The van der Waals surface area contributed by atoms with Crippen LogP contribution in [-0.2, 0) is 6.54 Å². The van der Waals surface area contributed by atoms with Crippen molar-refractivity contribution in [2.75, 3.05) is 18.0 Å². The van der Waals surface area contributed by atoms with Crippen molar-refractivity contribution in [1.82, 2.24) is 20.2 Å². The number of H-pyrrole nitrogens is 1. The topological polar surface area (TPSA) is 81.3 Å². The van der Waals surface area contributed by atoms with E-state index in [9.17, 15) is 14.0 Å². The molecule has 0 bridgehead atoms. The minimum atomic E-state index is -0.431. The Labute approximate surface area is 172 Å². The molecule has 1 aromatic carbocycles. The molecule has 0 unspecified atom stereocenters. The highest BCUT2D eigenvalue weighted by atomic mass is 35.5. The van der Waals surface area contributed by atoms with Crippen LogP contribution in [-0.4, -0.2) is 46.1 Å². The lowest BCUT2D eigenvalue weighted by molar-refractivity contribution is 0.160. The molecule has 1 atom stereocenters. The zero-order valence-electron chi connectivity index (χ0n) is 15.9. The van der Waals surface area contributed by atoms with Gasteiger partial charge in [0.25, 0.3) is 0 Å². The van der Waals surface area contributed by atoms with E-state index in [0.717, 1.165) is 32.2 Å². The van der Waals surface area contributed by atoms with Crippen LogP contribution in [0.5, 0.6) is 0 Å². The van der Waals surface area contributed by atoms with Crippen LogP contribution in [0.1, 0.15) is 31.2 Å². The quantitative estimate of drug-likeness (QED) is 0.780. The first-order chi connectivity index (χ1) is 14.0. The number of aromatic amines is 1. The molecular formula is C20H23ClFN5O2. The van der Waals surface area contributed by atoms with E-state index in [1.54, 1.807) is 24.4 Å². The van der Waals surface area contributed by atoms with E-state index >= 15 is 0 Å². The first kappa shape index (κ1) is 19.7. The molecule has 2 N–H and O–H groups in total. The lowest BCUT2D eigenvalue weighted by atomic mass is 10.0. The molecule has 1 aliphatic heterocycles. The molecule has 0 spiro atoms. The third kappa shape index (κ3) is 4.70. The SMILES string of the molecule is O=C(NCc1ccc(Cl)cc1F)N(C1CC1)[C@@H]1CCCN(c2cc[nH]c(=O)n2)C1. The second-order valence-electron chi connectivity index (χ2n) is 7.53. The summed E-state index contributed by atoms with van der Waals surface area (Å²) in [6, 6.07) is 6.25. The average molecular weight is 420 g/mol. The fourth-order valence-electron chi connectivity index (χ4n) is 3.84. The van der Waals surface area contributed by atoms with Crippen LogP contribution in [0.4, 0.5) is 15.0 Å². The van der Waals surface area contributed by atoms with Crippen LogP contribution in [0.2, 0.25) is 5.02 Å². The van der Waals surface area contributed by atoms with Gasteiger partial charge in [0.1, 0.15) is 11.6 Å². The average Bonchev–Trinajstić information content (AvgIpc) is 3.53. The maximum Gasteiger partial charge on any atom is 0.346 e. The maximum atomic E-state index is 14.0. The summed E-state index contributed by atoms with van der Waals surface area (Å²) in [5, 5.41) is 3.18. The Balaban J connectivity index is 1.44. The largest absolute Gasteiger partial charge is 0.354 e. The number of halogens is 2. The number of rotatable bonds is 5. The van der Waals surface area contributed by atoms with Crippen LogP contribution in [0, 0.1) is 5.82 Å². The molecule has 29 heavy (non-hydrogen) atoms. The van der Waals surface area contributed by atoms with Crippen molar-refractivity contribution >= 4 is 23.4 Å². The van der Waals surface area contributed by atoms with Crippen LogP contribution in [0.25, 0.3) is 0 Å². The minimum Gasteiger partial charge on any atom is -0.354 e. The van der Waals surface area contributed by atoms with E-state index in [0.29, 0.717) is 22.9 Å². The van der Waals surface area contributed by atoms with E-state index in [1.165, 1.54) is 6.07 Å². The predicted molar refractivity (Wildman–Crippen MR) is 109 cm³/mol. The first-order valence-electron chi connectivity index (χ1n) is 9.82. The summed E-state index contributed by atoms with van der Waals surface area (Å²) in [6.07, 6.45) is 5.33. The van der Waals surface area contributed by atoms with Crippen LogP contribution < -0.4 is 15.9 Å². The number of carbonyl (C=O) groups is 1. The molecule has 2 aliphatic rings. The number of carbonyl (C=O) groups excluding carboxylic acids is 1. The molecule has 2 heterocycles. The highest BCUT2D eigenvalue weighted by molar-refractivity contribution is 6.30. The number of hydrogen-bond acceptors (Lipinski definition) is 4.